The van der Waals surface area contributed by atoms with E-state index in [1.54, 1.807) is 36.5 Å². The van der Waals surface area contributed by atoms with E-state index < -0.39 is 11.5 Å². The number of halogens is 5. The van der Waals surface area contributed by atoms with Crippen LogP contribution in [0.25, 0.3) is 5.69 Å². The van der Waals surface area contributed by atoms with E-state index in [-0.39, 0.29) is 5.82 Å². The zero-order valence-corrected chi connectivity index (χ0v) is 22.1. The molecular weight excluding hydrogens is 529 g/mol. The molecule has 0 bridgehead atoms. The molecular formula is C27H23Cl4FN2O. The maximum Gasteiger partial charge on any atom is 0.142 e. The highest BCUT2D eigenvalue weighted by atomic mass is 35.5. The Morgan fingerprint density at radius 3 is 2.29 bits per heavy atom. The van der Waals surface area contributed by atoms with E-state index in [4.69, 9.17) is 46.4 Å². The van der Waals surface area contributed by atoms with Gasteiger partial charge in [-0.05, 0) is 72.5 Å². The number of hydrogen-bond acceptors (Lipinski definition) is 2. The van der Waals surface area contributed by atoms with Crippen LogP contribution in [-0.4, -0.2) is 14.7 Å². The first-order valence-electron chi connectivity index (χ1n) is 11.0. The molecule has 0 spiro atoms. The van der Waals surface area contributed by atoms with E-state index in [2.05, 4.69) is 4.98 Å². The van der Waals surface area contributed by atoms with Gasteiger partial charge in [0.1, 0.15) is 17.7 Å². The summed E-state index contributed by atoms with van der Waals surface area (Å²) in [4.78, 5) is 4.60. The van der Waals surface area contributed by atoms with Crippen molar-refractivity contribution in [3.63, 3.8) is 0 Å². The summed E-state index contributed by atoms with van der Waals surface area (Å²) in [5.41, 5.74) is 2.73. The normalized spacial score (nSPS) is 12.7. The maximum atomic E-state index is 13.7. The highest BCUT2D eigenvalue weighted by Crippen LogP contribution is 2.38. The van der Waals surface area contributed by atoms with Gasteiger partial charge in [0.15, 0.2) is 0 Å². The SMILES string of the molecule is CC(C)(c1ccc(Cl)c(Cl)c1)c1cnc(C(O)CCc2ccc(Cl)cc2Cl)n1-c1ccc(F)cc1. The van der Waals surface area contributed by atoms with Crippen molar-refractivity contribution in [3.8, 4) is 5.69 Å². The standard InChI is InChI=1S/C27H23Cl4FN2O/c1-27(2,17-5-11-21(29)23(31)13-17)25-15-33-26(34(25)20-9-7-19(32)8-10-20)24(35)12-4-16-3-6-18(28)14-22(16)30/h3,5-11,13-15,24,35H,4,12H2,1-2H3. The van der Waals surface area contributed by atoms with Crippen LogP contribution in [-0.2, 0) is 11.8 Å². The quantitative estimate of drug-likeness (QED) is 0.249. The fraction of sp³-hybridized carbons (Fsp3) is 0.222. The molecule has 8 heteroatoms. The van der Waals surface area contributed by atoms with Crippen LogP contribution in [0.5, 0.6) is 0 Å². The van der Waals surface area contributed by atoms with E-state index >= 15 is 0 Å². The minimum Gasteiger partial charge on any atom is -0.385 e. The Morgan fingerprint density at radius 2 is 1.63 bits per heavy atom. The minimum absolute atomic E-state index is 0.348. The van der Waals surface area contributed by atoms with Crippen molar-refractivity contribution in [1.82, 2.24) is 9.55 Å². The minimum atomic E-state index is -0.898. The third-order valence-corrected chi connectivity index (χ3v) is 7.48. The molecule has 0 aliphatic rings. The van der Waals surface area contributed by atoms with Gasteiger partial charge in [0.05, 0.1) is 15.7 Å². The van der Waals surface area contributed by atoms with Crippen LogP contribution in [0, 0.1) is 5.82 Å². The number of imidazole rings is 1. The van der Waals surface area contributed by atoms with E-state index in [9.17, 15) is 9.50 Å². The van der Waals surface area contributed by atoms with Crippen molar-refractivity contribution in [2.75, 3.05) is 0 Å². The molecule has 4 aromatic rings. The average Bonchev–Trinajstić information content (AvgIpc) is 3.27. The lowest BCUT2D eigenvalue weighted by Crippen LogP contribution is -2.24. The van der Waals surface area contributed by atoms with Crippen LogP contribution in [0.2, 0.25) is 20.1 Å². The summed E-state index contributed by atoms with van der Waals surface area (Å²) in [5.74, 6) is 0.100. The van der Waals surface area contributed by atoms with Crippen molar-refractivity contribution in [2.45, 2.75) is 38.2 Å². The molecule has 1 atom stereocenters. The Morgan fingerprint density at radius 1 is 0.914 bits per heavy atom. The van der Waals surface area contributed by atoms with Crippen LogP contribution in [0.15, 0.2) is 66.9 Å². The van der Waals surface area contributed by atoms with E-state index in [1.807, 2.05) is 36.6 Å². The second-order valence-corrected chi connectivity index (χ2v) is 10.5. The molecule has 1 heterocycles. The summed E-state index contributed by atoms with van der Waals surface area (Å²) in [6.07, 6.45) is 1.75. The number of hydrogen-bond donors (Lipinski definition) is 1. The fourth-order valence-corrected chi connectivity index (χ4v) is 4.88. The fourth-order valence-electron chi connectivity index (χ4n) is 4.08. The number of aryl methyl sites for hydroxylation is 1. The number of nitrogens with zero attached hydrogens (tertiary/aromatic N) is 2. The van der Waals surface area contributed by atoms with Gasteiger partial charge in [-0.25, -0.2) is 9.37 Å². The van der Waals surface area contributed by atoms with E-state index in [0.29, 0.717) is 44.4 Å². The van der Waals surface area contributed by atoms with Gasteiger partial charge >= 0.3 is 0 Å². The maximum absolute atomic E-state index is 13.7. The molecule has 182 valence electrons. The van der Waals surface area contributed by atoms with Crippen LogP contribution >= 0.6 is 46.4 Å². The molecule has 0 aliphatic carbocycles. The van der Waals surface area contributed by atoms with E-state index in [0.717, 1.165) is 16.8 Å². The Balaban J connectivity index is 1.75. The first-order chi connectivity index (χ1) is 16.6. The molecule has 0 saturated heterocycles. The molecule has 35 heavy (non-hydrogen) atoms. The van der Waals surface area contributed by atoms with Crippen LogP contribution in [0.3, 0.4) is 0 Å². The smallest absolute Gasteiger partial charge is 0.142 e. The van der Waals surface area contributed by atoms with Crippen molar-refractivity contribution in [2.24, 2.45) is 0 Å². The van der Waals surface area contributed by atoms with Gasteiger partial charge in [-0.3, -0.25) is 4.57 Å². The first kappa shape index (κ1) is 26.0. The first-order valence-corrected chi connectivity index (χ1v) is 12.5. The Labute approximate surface area is 224 Å². The van der Waals surface area contributed by atoms with Gasteiger partial charge in [0.25, 0.3) is 0 Å². The largest absolute Gasteiger partial charge is 0.385 e. The monoisotopic (exact) mass is 550 g/mol. The second kappa shape index (κ2) is 10.5. The molecule has 0 amide bonds. The molecule has 3 aromatic carbocycles. The Hall–Kier alpha value is -2.08. The molecule has 4 rings (SSSR count). The van der Waals surface area contributed by atoms with Crippen molar-refractivity contribution >= 4 is 46.4 Å². The number of aromatic nitrogens is 2. The number of benzene rings is 3. The number of aliphatic hydroxyl groups excluding tert-OH is 1. The van der Waals surface area contributed by atoms with Gasteiger partial charge in [-0.2, -0.15) is 0 Å². The molecule has 0 radical (unpaired) electrons. The second-order valence-electron chi connectivity index (χ2n) is 8.86. The van der Waals surface area contributed by atoms with Gasteiger partial charge in [0.2, 0.25) is 0 Å². The summed E-state index contributed by atoms with van der Waals surface area (Å²) < 4.78 is 15.6. The molecule has 0 aliphatic heterocycles. The lowest BCUT2D eigenvalue weighted by Gasteiger charge is -2.28. The van der Waals surface area contributed by atoms with Gasteiger partial charge in [-0.15, -0.1) is 0 Å². The molecule has 0 fully saturated rings. The van der Waals surface area contributed by atoms with Crippen LogP contribution < -0.4 is 0 Å². The molecule has 3 nitrogen and oxygen atoms in total. The molecule has 1 N–H and O–H groups in total. The van der Waals surface area contributed by atoms with Gasteiger partial charge in [0, 0.05) is 27.3 Å². The highest BCUT2D eigenvalue weighted by molar-refractivity contribution is 6.42. The summed E-state index contributed by atoms with van der Waals surface area (Å²) in [7, 11) is 0. The summed E-state index contributed by atoms with van der Waals surface area (Å²) in [6.45, 7) is 4.07. The lowest BCUT2D eigenvalue weighted by molar-refractivity contribution is 0.156. The molecule has 1 aromatic heterocycles. The topological polar surface area (TPSA) is 38.1 Å². The zero-order valence-electron chi connectivity index (χ0n) is 19.1. The highest BCUT2D eigenvalue weighted by Gasteiger charge is 2.31. The predicted octanol–water partition coefficient (Wildman–Crippen LogP) is 8.62. The van der Waals surface area contributed by atoms with E-state index in [1.165, 1.54) is 12.1 Å². The summed E-state index contributed by atoms with van der Waals surface area (Å²) in [6, 6.07) is 16.9. The van der Waals surface area contributed by atoms with Crippen molar-refractivity contribution in [1.29, 1.82) is 0 Å². The summed E-state index contributed by atoms with van der Waals surface area (Å²) >= 11 is 24.8. The van der Waals surface area contributed by atoms with Crippen LogP contribution in [0.4, 0.5) is 4.39 Å². The zero-order chi connectivity index (χ0) is 25.3. The Bertz CT molecular complexity index is 1350. The summed E-state index contributed by atoms with van der Waals surface area (Å²) in [5, 5.41) is 13.2. The molecule has 0 saturated carbocycles. The van der Waals surface area contributed by atoms with Crippen LogP contribution in [0.1, 0.15) is 49.0 Å². The molecule has 1 unspecified atom stereocenters. The average molecular weight is 552 g/mol. The predicted molar refractivity (Wildman–Crippen MR) is 142 cm³/mol. The van der Waals surface area contributed by atoms with Gasteiger partial charge in [-0.1, -0.05) is 72.4 Å². The van der Waals surface area contributed by atoms with Crippen molar-refractivity contribution in [3.05, 3.63) is 115 Å². The van der Waals surface area contributed by atoms with Crippen molar-refractivity contribution < 1.29 is 9.50 Å². The third-order valence-electron chi connectivity index (χ3n) is 6.16. The number of rotatable bonds is 7. The third kappa shape index (κ3) is 5.52. The number of aliphatic hydroxyl groups is 1. The lowest BCUT2D eigenvalue weighted by atomic mass is 9.81. The Kier molecular flexibility index (Phi) is 7.80. The van der Waals surface area contributed by atoms with Gasteiger partial charge < -0.3 is 5.11 Å².